The van der Waals surface area contributed by atoms with Crippen LogP contribution in [0.4, 0.5) is 0 Å². The van der Waals surface area contributed by atoms with Gasteiger partial charge in [0.05, 0.1) is 0 Å². The van der Waals surface area contributed by atoms with Gasteiger partial charge < -0.3 is 0 Å². The molecule has 1 heterocycles. The van der Waals surface area contributed by atoms with Crippen LogP contribution in [-0.4, -0.2) is 17.5 Å². The largest absolute Gasteiger partial charge is 0.294 e. The number of rotatable bonds is 2. The van der Waals surface area contributed by atoms with Crippen molar-refractivity contribution >= 4 is 0 Å². The van der Waals surface area contributed by atoms with Gasteiger partial charge in [-0.2, -0.15) is 0 Å². The zero-order chi connectivity index (χ0) is 12.4. The number of hydrogen-bond donors (Lipinski definition) is 0. The summed E-state index contributed by atoms with van der Waals surface area (Å²) in [5.74, 6) is 0.846. The average molecular weight is 231 g/mol. The fourth-order valence-corrected chi connectivity index (χ4v) is 2.90. The van der Waals surface area contributed by atoms with Crippen LogP contribution < -0.4 is 0 Å². The van der Waals surface area contributed by atoms with Crippen LogP contribution >= 0.6 is 0 Å². The highest BCUT2D eigenvalue weighted by Crippen LogP contribution is 2.30. The monoisotopic (exact) mass is 231 g/mol. The fraction of sp³-hybridized carbons (Fsp3) is 0.625. The molecule has 0 radical (unpaired) electrons. The van der Waals surface area contributed by atoms with Gasteiger partial charge in [0, 0.05) is 18.6 Å². The van der Waals surface area contributed by atoms with E-state index in [0.717, 1.165) is 12.0 Å². The summed E-state index contributed by atoms with van der Waals surface area (Å²) in [6.45, 7) is 10.5. The second-order valence-electron chi connectivity index (χ2n) is 5.81. The lowest BCUT2D eigenvalue weighted by molar-refractivity contribution is 0.0845. The Labute approximate surface area is 106 Å². The highest BCUT2D eigenvalue weighted by atomic mass is 15.2. The van der Waals surface area contributed by atoms with Crippen molar-refractivity contribution in [2.45, 2.75) is 52.6 Å². The van der Waals surface area contributed by atoms with E-state index in [9.17, 15) is 0 Å². The third-order valence-electron chi connectivity index (χ3n) is 4.22. The molecule has 0 aromatic heterocycles. The molecule has 0 spiro atoms. The van der Waals surface area contributed by atoms with Crippen LogP contribution in [0.5, 0.6) is 0 Å². The highest BCUT2D eigenvalue weighted by molar-refractivity contribution is 5.24. The summed E-state index contributed by atoms with van der Waals surface area (Å²) < 4.78 is 0. The van der Waals surface area contributed by atoms with Crippen LogP contribution in [0.3, 0.4) is 0 Å². The summed E-state index contributed by atoms with van der Waals surface area (Å²) in [6, 6.07) is 10.3. The molecule has 3 atom stereocenters. The molecule has 0 bridgehead atoms. The van der Waals surface area contributed by atoms with Crippen molar-refractivity contribution in [3.63, 3.8) is 0 Å². The van der Waals surface area contributed by atoms with Gasteiger partial charge in [-0.25, -0.2) is 0 Å². The highest BCUT2D eigenvalue weighted by Gasteiger charge is 2.27. The van der Waals surface area contributed by atoms with Crippen molar-refractivity contribution in [1.29, 1.82) is 0 Å². The zero-order valence-corrected chi connectivity index (χ0v) is 11.6. The molecule has 1 aromatic carbocycles. The predicted molar refractivity (Wildman–Crippen MR) is 74.2 cm³/mol. The Bertz CT molecular complexity index is 354. The molecular formula is C16H25N. The number of nitrogens with zero attached hydrogens (tertiary/aromatic N) is 1. The lowest BCUT2D eigenvalue weighted by Crippen LogP contribution is -2.42. The quantitative estimate of drug-likeness (QED) is 0.738. The Morgan fingerprint density at radius 3 is 2.41 bits per heavy atom. The first-order chi connectivity index (χ1) is 8.08. The minimum Gasteiger partial charge on any atom is -0.294 e. The van der Waals surface area contributed by atoms with Gasteiger partial charge in [0.1, 0.15) is 0 Å². The summed E-state index contributed by atoms with van der Waals surface area (Å²) in [7, 11) is 0. The van der Waals surface area contributed by atoms with Crippen molar-refractivity contribution in [1.82, 2.24) is 4.90 Å². The minimum atomic E-state index is 0.549. The number of likely N-dealkylation sites (tertiary alicyclic amines) is 1. The molecule has 0 N–H and O–H groups in total. The maximum Gasteiger partial charge on any atom is 0.0322 e. The summed E-state index contributed by atoms with van der Waals surface area (Å²) in [5.41, 5.74) is 2.80. The molecule has 0 amide bonds. The number of aryl methyl sites for hydroxylation is 1. The van der Waals surface area contributed by atoms with E-state index in [4.69, 9.17) is 0 Å². The van der Waals surface area contributed by atoms with E-state index in [0.29, 0.717) is 6.04 Å². The van der Waals surface area contributed by atoms with Crippen LogP contribution in [-0.2, 0) is 0 Å². The van der Waals surface area contributed by atoms with Gasteiger partial charge in [-0.3, -0.25) is 4.90 Å². The molecule has 1 nitrogen and oxygen atoms in total. The molecule has 0 aliphatic carbocycles. The van der Waals surface area contributed by atoms with Gasteiger partial charge >= 0.3 is 0 Å². The standard InChI is InChI=1S/C16H25N/c1-12-6-9-16(10-7-12)15(4)17-11-13(2)5-8-14(17)3/h6-7,9-10,13-15H,5,8,11H2,1-4H3/t13-,14-,15?/m1/s1. The number of hydrogen-bond acceptors (Lipinski definition) is 1. The maximum absolute atomic E-state index is 2.67. The first-order valence-electron chi connectivity index (χ1n) is 6.90. The van der Waals surface area contributed by atoms with E-state index >= 15 is 0 Å². The second kappa shape index (κ2) is 5.22. The van der Waals surface area contributed by atoms with Gasteiger partial charge in [0.25, 0.3) is 0 Å². The maximum atomic E-state index is 2.67. The van der Waals surface area contributed by atoms with E-state index in [1.54, 1.807) is 0 Å². The van der Waals surface area contributed by atoms with Crippen LogP contribution in [0.25, 0.3) is 0 Å². The minimum absolute atomic E-state index is 0.549. The molecule has 1 saturated heterocycles. The van der Waals surface area contributed by atoms with Gasteiger partial charge in [0.15, 0.2) is 0 Å². The van der Waals surface area contributed by atoms with Gasteiger partial charge in [-0.1, -0.05) is 36.8 Å². The molecule has 1 unspecified atom stereocenters. The summed E-state index contributed by atoms with van der Waals surface area (Å²) in [6.07, 6.45) is 2.73. The van der Waals surface area contributed by atoms with Gasteiger partial charge in [-0.05, 0) is 45.1 Å². The lowest BCUT2D eigenvalue weighted by atomic mass is 9.92. The van der Waals surface area contributed by atoms with Crippen molar-refractivity contribution in [2.75, 3.05) is 6.54 Å². The molecule has 2 rings (SSSR count). The first-order valence-corrected chi connectivity index (χ1v) is 6.90. The van der Waals surface area contributed by atoms with Gasteiger partial charge in [-0.15, -0.1) is 0 Å². The van der Waals surface area contributed by atoms with E-state index in [1.165, 1.54) is 30.5 Å². The Morgan fingerprint density at radius 2 is 1.76 bits per heavy atom. The lowest BCUT2D eigenvalue weighted by Gasteiger charge is -2.41. The topological polar surface area (TPSA) is 3.24 Å². The summed E-state index contributed by atoms with van der Waals surface area (Å²) >= 11 is 0. The van der Waals surface area contributed by atoms with Crippen molar-refractivity contribution in [2.24, 2.45) is 5.92 Å². The predicted octanol–water partition coefficient (Wildman–Crippen LogP) is 4.18. The molecule has 1 heteroatoms. The van der Waals surface area contributed by atoms with Crippen LogP contribution in [0.2, 0.25) is 0 Å². The van der Waals surface area contributed by atoms with Crippen molar-refractivity contribution in [3.8, 4) is 0 Å². The molecule has 1 fully saturated rings. The Balaban J connectivity index is 2.12. The van der Waals surface area contributed by atoms with Crippen LogP contribution in [0, 0.1) is 12.8 Å². The molecule has 0 saturated carbocycles. The molecule has 94 valence electrons. The normalized spacial score (nSPS) is 28.0. The number of piperidine rings is 1. The SMILES string of the molecule is Cc1ccc(C(C)N2C[C@H](C)CC[C@H]2C)cc1. The molecular weight excluding hydrogens is 206 g/mol. The number of benzene rings is 1. The third-order valence-corrected chi connectivity index (χ3v) is 4.22. The van der Waals surface area contributed by atoms with Crippen LogP contribution in [0.15, 0.2) is 24.3 Å². The second-order valence-corrected chi connectivity index (χ2v) is 5.81. The molecule has 1 aliphatic rings. The van der Waals surface area contributed by atoms with E-state index in [2.05, 4.69) is 56.9 Å². The summed E-state index contributed by atoms with van der Waals surface area (Å²) in [5, 5.41) is 0. The molecule has 17 heavy (non-hydrogen) atoms. The van der Waals surface area contributed by atoms with Crippen molar-refractivity contribution < 1.29 is 0 Å². The smallest absolute Gasteiger partial charge is 0.0322 e. The van der Waals surface area contributed by atoms with Crippen LogP contribution in [0.1, 0.15) is 50.8 Å². The Hall–Kier alpha value is -0.820. The Morgan fingerprint density at radius 1 is 1.12 bits per heavy atom. The molecule has 1 aliphatic heterocycles. The van der Waals surface area contributed by atoms with E-state index < -0.39 is 0 Å². The van der Waals surface area contributed by atoms with E-state index in [1.807, 2.05) is 0 Å². The van der Waals surface area contributed by atoms with Gasteiger partial charge in [0.2, 0.25) is 0 Å². The zero-order valence-electron chi connectivity index (χ0n) is 11.6. The fourth-order valence-electron chi connectivity index (χ4n) is 2.90. The van der Waals surface area contributed by atoms with E-state index in [-0.39, 0.29) is 0 Å². The summed E-state index contributed by atoms with van der Waals surface area (Å²) in [4.78, 5) is 2.67. The van der Waals surface area contributed by atoms with Crippen molar-refractivity contribution in [3.05, 3.63) is 35.4 Å². The first kappa shape index (κ1) is 12.6. The average Bonchev–Trinajstić information content (AvgIpc) is 2.32. The Kier molecular flexibility index (Phi) is 3.88. The third kappa shape index (κ3) is 2.90. The molecule has 1 aromatic rings.